The van der Waals surface area contributed by atoms with Crippen LogP contribution in [0.15, 0.2) is 0 Å². The van der Waals surface area contributed by atoms with Gasteiger partial charge in [-0.05, 0) is 33.4 Å². The van der Waals surface area contributed by atoms with Crippen LogP contribution in [0.1, 0.15) is 90.4 Å². The second kappa shape index (κ2) is 13.8. The summed E-state index contributed by atoms with van der Waals surface area (Å²) in [5, 5.41) is 10.3. The molecular formula is C19H40BrNO. The molecule has 2 nitrogen and oxygen atoms in total. The van der Waals surface area contributed by atoms with Crippen molar-refractivity contribution < 1.29 is 5.11 Å². The van der Waals surface area contributed by atoms with E-state index < -0.39 is 0 Å². The summed E-state index contributed by atoms with van der Waals surface area (Å²) >= 11 is 0. The van der Waals surface area contributed by atoms with Gasteiger partial charge in [0.2, 0.25) is 0 Å². The van der Waals surface area contributed by atoms with Gasteiger partial charge in [0, 0.05) is 12.0 Å². The highest BCUT2D eigenvalue weighted by Gasteiger charge is 2.31. The molecule has 1 N–H and O–H groups in total. The standard InChI is InChI=1S/C19H39NO.BrH/c1-4-5-6-7-8-9-10-11-15-18(20(2)3)17-14-12-13-16-19(17)21;/h17-19,21H,4-16H2,1-3H3;1H. The van der Waals surface area contributed by atoms with E-state index in [4.69, 9.17) is 0 Å². The zero-order valence-electron chi connectivity index (χ0n) is 15.2. The van der Waals surface area contributed by atoms with Crippen LogP contribution in [-0.2, 0) is 0 Å². The fraction of sp³-hybridized carbons (Fsp3) is 1.00. The van der Waals surface area contributed by atoms with Crippen molar-refractivity contribution in [2.75, 3.05) is 14.1 Å². The van der Waals surface area contributed by atoms with Gasteiger partial charge >= 0.3 is 0 Å². The average Bonchev–Trinajstić information content (AvgIpc) is 2.46. The van der Waals surface area contributed by atoms with Gasteiger partial charge in [-0.15, -0.1) is 17.0 Å². The van der Waals surface area contributed by atoms with E-state index in [1.54, 1.807) is 0 Å². The molecular weight excluding hydrogens is 338 g/mol. The van der Waals surface area contributed by atoms with Gasteiger partial charge in [0.05, 0.1) is 6.10 Å². The lowest BCUT2D eigenvalue weighted by molar-refractivity contribution is 0.0194. The molecule has 1 aliphatic rings. The number of aliphatic hydroxyl groups excluding tert-OH is 1. The van der Waals surface area contributed by atoms with Crippen molar-refractivity contribution in [2.24, 2.45) is 5.92 Å². The molecule has 0 aromatic rings. The van der Waals surface area contributed by atoms with Gasteiger partial charge in [0.1, 0.15) is 0 Å². The van der Waals surface area contributed by atoms with Gasteiger partial charge in [-0.3, -0.25) is 0 Å². The second-order valence-corrected chi connectivity index (χ2v) is 7.31. The minimum Gasteiger partial charge on any atom is -0.393 e. The molecule has 3 atom stereocenters. The Kier molecular flexibility index (Phi) is 14.1. The Bertz CT molecular complexity index is 248. The third kappa shape index (κ3) is 8.88. The van der Waals surface area contributed by atoms with Crippen molar-refractivity contribution in [3.05, 3.63) is 0 Å². The van der Waals surface area contributed by atoms with Crippen molar-refractivity contribution >= 4 is 17.0 Å². The van der Waals surface area contributed by atoms with Gasteiger partial charge in [0.25, 0.3) is 0 Å². The summed E-state index contributed by atoms with van der Waals surface area (Å²) < 4.78 is 0. The number of hydrogen-bond acceptors (Lipinski definition) is 2. The molecule has 3 unspecified atom stereocenters. The van der Waals surface area contributed by atoms with Gasteiger partial charge in [0.15, 0.2) is 0 Å². The van der Waals surface area contributed by atoms with Crippen LogP contribution in [-0.4, -0.2) is 36.2 Å². The van der Waals surface area contributed by atoms with E-state index in [1.807, 2.05) is 0 Å². The average molecular weight is 378 g/mol. The summed E-state index contributed by atoms with van der Waals surface area (Å²) in [5.74, 6) is 0.512. The van der Waals surface area contributed by atoms with Crippen LogP contribution in [0.2, 0.25) is 0 Å². The lowest BCUT2D eigenvalue weighted by Gasteiger charge is -2.38. The lowest BCUT2D eigenvalue weighted by Crippen LogP contribution is -2.42. The maximum atomic E-state index is 10.3. The molecule has 0 aromatic heterocycles. The number of hydrogen-bond donors (Lipinski definition) is 1. The Balaban J connectivity index is 0.00000441. The first-order valence-corrected chi connectivity index (χ1v) is 9.51. The van der Waals surface area contributed by atoms with E-state index in [-0.39, 0.29) is 23.1 Å². The smallest absolute Gasteiger partial charge is 0.0583 e. The largest absolute Gasteiger partial charge is 0.393 e. The highest BCUT2D eigenvalue weighted by molar-refractivity contribution is 8.93. The maximum absolute atomic E-state index is 10.3. The molecule has 1 aliphatic carbocycles. The summed E-state index contributed by atoms with van der Waals surface area (Å²) in [5.41, 5.74) is 0. The Labute approximate surface area is 149 Å². The van der Waals surface area contributed by atoms with Crippen molar-refractivity contribution in [1.82, 2.24) is 4.90 Å². The molecule has 1 saturated carbocycles. The molecule has 0 heterocycles. The monoisotopic (exact) mass is 377 g/mol. The molecule has 0 radical (unpaired) electrons. The third-order valence-electron chi connectivity index (χ3n) is 5.29. The van der Waals surface area contributed by atoms with Crippen LogP contribution in [0.3, 0.4) is 0 Å². The molecule has 0 amide bonds. The number of aliphatic hydroxyl groups is 1. The van der Waals surface area contributed by atoms with Gasteiger partial charge in [-0.2, -0.15) is 0 Å². The summed E-state index contributed by atoms with van der Waals surface area (Å²) in [6.07, 6.45) is 17.1. The predicted octanol–water partition coefficient (Wildman–Crippen LogP) is 5.58. The van der Waals surface area contributed by atoms with Crippen LogP contribution in [0, 0.1) is 5.92 Å². The van der Waals surface area contributed by atoms with Crippen molar-refractivity contribution in [3.63, 3.8) is 0 Å². The fourth-order valence-corrected chi connectivity index (χ4v) is 3.93. The Morgan fingerprint density at radius 2 is 1.45 bits per heavy atom. The van der Waals surface area contributed by atoms with Gasteiger partial charge in [-0.1, -0.05) is 71.1 Å². The van der Waals surface area contributed by atoms with E-state index in [0.29, 0.717) is 12.0 Å². The van der Waals surface area contributed by atoms with E-state index in [2.05, 4.69) is 25.9 Å². The minimum atomic E-state index is -0.0554. The topological polar surface area (TPSA) is 23.5 Å². The van der Waals surface area contributed by atoms with Crippen LogP contribution < -0.4 is 0 Å². The van der Waals surface area contributed by atoms with Crippen LogP contribution in [0.4, 0.5) is 0 Å². The minimum absolute atomic E-state index is 0. The van der Waals surface area contributed by atoms with Crippen LogP contribution in [0.25, 0.3) is 0 Å². The molecule has 1 rings (SSSR count). The summed E-state index contributed by atoms with van der Waals surface area (Å²) in [7, 11) is 4.38. The molecule has 134 valence electrons. The van der Waals surface area contributed by atoms with E-state index in [1.165, 1.54) is 77.0 Å². The number of rotatable bonds is 11. The molecule has 0 saturated heterocycles. The Hall–Kier alpha value is 0.400. The molecule has 0 aromatic carbocycles. The maximum Gasteiger partial charge on any atom is 0.0583 e. The Morgan fingerprint density at radius 1 is 0.909 bits per heavy atom. The van der Waals surface area contributed by atoms with Crippen LogP contribution in [0.5, 0.6) is 0 Å². The van der Waals surface area contributed by atoms with Crippen molar-refractivity contribution in [1.29, 1.82) is 0 Å². The first kappa shape index (κ1) is 22.4. The van der Waals surface area contributed by atoms with E-state index >= 15 is 0 Å². The first-order chi connectivity index (χ1) is 10.2. The van der Waals surface area contributed by atoms with Crippen LogP contribution >= 0.6 is 17.0 Å². The SMILES string of the molecule is Br.CCCCCCCCCCC(C1CCCCC1O)N(C)C. The van der Waals surface area contributed by atoms with E-state index in [0.717, 1.165) is 6.42 Å². The molecule has 0 bridgehead atoms. The first-order valence-electron chi connectivity index (χ1n) is 9.51. The van der Waals surface area contributed by atoms with E-state index in [9.17, 15) is 5.11 Å². The molecule has 3 heteroatoms. The number of halogens is 1. The zero-order chi connectivity index (χ0) is 15.5. The zero-order valence-corrected chi connectivity index (χ0v) is 16.9. The lowest BCUT2D eigenvalue weighted by atomic mass is 9.79. The highest BCUT2D eigenvalue weighted by Crippen LogP contribution is 2.31. The summed E-state index contributed by atoms with van der Waals surface area (Å²) in [6, 6.07) is 0.584. The predicted molar refractivity (Wildman–Crippen MR) is 103 cm³/mol. The number of nitrogens with zero attached hydrogens (tertiary/aromatic N) is 1. The van der Waals surface area contributed by atoms with Gasteiger partial charge in [-0.25, -0.2) is 0 Å². The Morgan fingerprint density at radius 3 is 2.00 bits per heavy atom. The highest BCUT2D eigenvalue weighted by atomic mass is 79.9. The second-order valence-electron chi connectivity index (χ2n) is 7.31. The van der Waals surface area contributed by atoms with Gasteiger partial charge < -0.3 is 10.0 Å². The third-order valence-corrected chi connectivity index (χ3v) is 5.29. The molecule has 0 spiro atoms. The molecule has 0 aliphatic heterocycles. The normalized spacial score (nSPS) is 23.3. The summed E-state index contributed by atoms with van der Waals surface area (Å²) in [6.45, 7) is 2.28. The quantitative estimate of drug-likeness (QED) is 0.475. The molecule has 22 heavy (non-hydrogen) atoms. The van der Waals surface area contributed by atoms with Crippen molar-refractivity contribution in [3.8, 4) is 0 Å². The number of unbranched alkanes of at least 4 members (excludes halogenated alkanes) is 7. The fourth-order valence-electron chi connectivity index (χ4n) is 3.93. The molecule has 1 fully saturated rings. The summed E-state index contributed by atoms with van der Waals surface area (Å²) in [4.78, 5) is 2.36. The van der Waals surface area contributed by atoms with Crippen molar-refractivity contribution in [2.45, 2.75) is 103 Å².